The normalized spacial score (nSPS) is 9.75. The van der Waals surface area contributed by atoms with Gasteiger partial charge in [0.25, 0.3) is 0 Å². The Kier molecular flexibility index (Phi) is 4.81. The van der Waals surface area contributed by atoms with Crippen molar-refractivity contribution in [3.05, 3.63) is 65.2 Å². The van der Waals surface area contributed by atoms with Gasteiger partial charge < -0.3 is 10.6 Å². The topological polar surface area (TPSA) is 29.3 Å². The van der Waals surface area contributed by atoms with E-state index in [2.05, 4.69) is 67.1 Å². The summed E-state index contributed by atoms with van der Waals surface area (Å²) in [6, 6.07) is 16.6. The van der Waals surface area contributed by atoms with Gasteiger partial charge in [0.2, 0.25) is 0 Å². The van der Waals surface area contributed by atoms with Crippen LogP contribution in [-0.4, -0.2) is 13.6 Å². The Balaban J connectivity index is 2.24. The van der Waals surface area contributed by atoms with E-state index in [1.54, 1.807) is 0 Å². The molecule has 0 saturated heterocycles. The van der Waals surface area contributed by atoms with Crippen molar-refractivity contribution in [3.8, 4) is 11.8 Å². The zero-order chi connectivity index (χ0) is 14.4. The number of para-hydroxylation sites is 1. The van der Waals surface area contributed by atoms with Crippen LogP contribution in [0.4, 0.5) is 5.69 Å². The molecule has 2 nitrogen and oxygen atoms in total. The second-order valence-corrected chi connectivity index (χ2v) is 4.81. The van der Waals surface area contributed by atoms with E-state index in [-0.39, 0.29) is 0 Å². The number of benzene rings is 2. The van der Waals surface area contributed by atoms with Crippen molar-refractivity contribution >= 4 is 5.69 Å². The number of nitrogens with two attached hydrogens (primary N) is 1. The molecule has 0 aromatic heterocycles. The SMILES string of the molecule is Cc1ccccc1N(C)Cc1ccccc1C#CCN. The molecule has 0 unspecified atom stereocenters. The van der Waals surface area contributed by atoms with E-state index in [4.69, 9.17) is 5.73 Å². The molecule has 102 valence electrons. The first-order valence-electron chi connectivity index (χ1n) is 6.76. The van der Waals surface area contributed by atoms with Crippen LogP contribution in [-0.2, 0) is 6.54 Å². The van der Waals surface area contributed by atoms with Crippen LogP contribution < -0.4 is 10.6 Å². The highest BCUT2D eigenvalue weighted by Gasteiger charge is 2.06. The number of aryl methyl sites for hydroxylation is 1. The molecule has 0 fully saturated rings. The number of hydrogen-bond donors (Lipinski definition) is 1. The Bertz CT molecular complexity index is 635. The predicted octanol–water partition coefficient (Wildman–Crippen LogP) is 2.94. The fourth-order valence-corrected chi connectivity index (χ4v) is 2.26. The lowest BCUT2D eigenvalue weighted by atomic mass is 10.1. The van der Waals surface area contributed by atoms with Crippen molar-refractivity contribution in [3.63, 3.8) is 0 Å². The number of rotatable bonds is 3. The van der Waals surface area contributed by atoms with Crippen LogP contribution in [0.3, 0.4) is 0 Å². The molecule has 2 rings (SSSR count). The number of hydrogen-bond acceptors (Lipinski definition) is 2. The smallest absolute Gasteiger partial charge is 0.0555 e. The van der Waals surface area contributed by atoms with Crippen molar-refractivity contribution in [2.24, 2.45) is 5.73 Å². The van der Waals surface area contributed by atoms with Crippen molar-refractivity contribution in [2.45, 2.75) is 13.5 Å². The highest BCUT2D eigenvalue weighted by Crippen LogP contribution is 2.20. The average molecular weight is 264 g/mol. The molecule has 2 heteroatoms. The Morgan fingerprint density at radius 1 is 1.05 bits per heavy atom. The van der Waals surface area contributed by atoms with Crippen LogP contribution in [0, 0.1) is 18.8 Å². The minimum atomic E-state index is 0.391. The summed E-state index contributed by atoms with van der Waals surface area (Å²) in [4.78, 5) is 2.25. The number of nitrogens with zero attached hydrogens (tertiary/aromatic N) is 1. The average Bonchev–Trinajstić information content (AvgIpc) is 2.46. The first-order chi connectivity index (χ1) is 9.72. The molecule has 0 aliphatic heterocycles. The lowest BCUT2D eigenvalue weighted by Crippen LogP contribution is -2.18. The van der Waals surface area contributed by atoms with Crippen LogP contribution in [0.1, 0.15) is 16.7 Å². The van der Waals surface area contributed by atoms with Gasteiger partial charge in [0.15, 0.2) is 0 Å². The molecule has 0 aliphatic carbocycles. The summed E-state index contributed by atoms with van der Waals surface area (Å²) in [7, 11) is 2.11. The first kappa shape index (κ1) is 14.2. The van der Waals surface area contributed by atoms with E-state index in [1.165, 1.54) is 16.8 Å². The Morgan fingerprint density at radius 3 is 2.50 bits per heavy atom. The molecule has 2 aromatic carbocycles. The van der Waals surface area contributed by atoms with Crippen molar-refractivity contribution in [1.29, 1.82) is 0 Å². The quantitative estimate of drug-likeness (QED) is 0.864. The van der Waals surface area contributed by atoms with E-state index < -0.39 is 0 Å². The monoisotopic (exact) mass is 264 g/mol. The molecule has 0 saturated carbocycles. The molecule has 0 amide bonds. The van der Waals surface area contributed by atoms with Crippen LogP contribution >= 0.6 is 0 Å². The van der Waals surface area contributed by atoms with Gasteiger partial charge in [-0.15, -0.1) is 0 Å². The van der Waals surface area contributed by atoms with E-state index in [9.17, 15) is 0 Å². The third kappa shape index (κ3) is 3.40. The fraction of sp³-hybridized carbons (Fsp3) is 0.222. The van der Waals surface area contributed by atoms with Gasteiger partial charge in [-0.1, -0.05) is 48.2 Å². The summed E-state index contributed by atoms with van der Waals surface area (Å²) in [5, 5.41) is 0. The fourth-order valence-electron chi connectivity index (χ4n) is 2.26. The van der Waals surface area contributed by atoms with Gasteiger partial charge in [-0.25, -0.2) is 0 Å². The van der Waals surface area contributed by atoms with E-state index >= 15 is 0 Å². The molecule has 0 aliphatic rings. The van der Waals surface area contributed by atoms with Gasteiger partial charge in [-0.2, -0.15) is 0 Å². The zero-order valence-electron chi connectivity index (χ0n) is 12.1. The van der Waals surface area contributed by atoms with E-state index in [0.717, 1.165) is 12.1 Å². The third-order valence-electron chi connectivity index (χ3n) is 3.28. The number of anilines is 1. The highest BCUT2D eigenvalue weighted by atomic mass is 15.1. The summed E-state index contributed by atoms with van der Waals surface area (Å²) in [5.41, 5.74) is 10.3. The molecule has 0 atom stereocenters. The molecular formula is C18H20N2. The maximum atomic E-state index is 5.45. The van der Waals surface area contributed by atoms with Crippen LogP contribution in [0.15, 0.2) is 48.5 Å². The molecule has 0 bridgehead atoms. The van der Waals surface area contributed by atoms with Crippen molar-refractivity contribution in [2.75, 3.05) is 18.5 Å². The molecule has 0 spiro atoms. The Morgan fingerprint density at radius 2 is 1.75 bits per heavy atom. The molecular weight excluding hydrogens is 244 g/mol. The Labute approximate surface area is 121 Å². The van der Waals surface area contributed by atoms with Crippen molar-refractivity contribution in [1.82, 2.24) is 0 Å². The maximum Gasteiger partial charge on any atom is 0.0555 e. The van der Waals surface area contributed by atoms with Gasteiger partial charge in [-0.3, -0.25) is 0 Å². The van der Waals surface area contributed by atoms with Crippen LogP contribution in [0.25, 0.3) is 0 Å². The molecule has 0 radical (unpaired) electrons. The largest absolute Gasteiger partial charge is 0.370 e. The molecule has 2 N–H and O–H groups in total. The van der Waals surface area contributed by atoms with E-state index in [0.29, 0.717) is 6.54 Å². The molecule has 20 heavy (non-hydrogen) atoms. The van der Waals surface area contributed by atoms with Gasteiger partial charge in [-0.05, 0) is 30.2 Å². The van der Waals surface area contributed by atoms with Gasteiger partial charge in [0.1, 0.15) is 0 Å². The second kappa shape index (κ2) is 6.79. The standard InChI is InChI=1S/C18H20N2/c1-15-8-3-6-12-18(15)20(2)14-17-10-5-4-9-16(17)11-7-13-19/h3-6,8-10,12H,13-14,19H2,1-2H3. The van der Waals surface area contributed by atoms with Gasteiger partial charge in [0.05, 0.1) is 6.54 Å². The lowest BCUT2D eigenvalue weighted by molar-refractivity contribution is 0.914. The maximum absolute atomic E-state index is 5.45. The summed E-state index contributed by atoms with van der Waals surface area (Å²) >= 11 is 0. The van der Waals surface area contributed by atoms with Crippen LogP contribution in [0.5, 0.6) is 0 Å². The highest BCUT2D eigenvalue weighted by molar-refractivity contribution is 5.53. The van der Waals surface area contributed by atoms with Crippen LogP contribution in [0.2, 0.25) is 0 Å². The van der Waals surface area contributed by atoms with E-state index in [1.807, 2.05) is 12.1 Å². The van der Waals surface area contributed by atoms with Gasteiger partial charge >= 0.3 is 0 Å². The summed E-state index contributed by atoms with van der Waals surface area (Å²) in [6.07, 6.45) is 0. The summed E-state index contributed by atoms with van der Waals surface area (Å²) in [6.45, 7) is 3.36. The predicted molar refractivity (Wildman–Crippen MR) is 85.7 cm³/mol. The third-order valence-corrected chi connectivity index (χ3v) is 3.28. The summed E-state index contributed by atoms with van der Waals surface area (Å²) < 4.78 is 0. The first-order valence-corrected chi connectivity index (χ1v) is 6.76. The minimum absolute atomic E-state index is 0.391. The van der Waals surface area contributed by atoms with Crippen molar-refractivity contribution < 1.29 is 0 Å². The summed E-state index contributed by atoms with van der Waals surface area (Å²) in [5.74, 6) is 6.07. The lowest BCUT2D eigenvalue weighted by Gasteiger charge is -2.22. The minimum Gasteiger partial charge on any atom is -0.370 e. The molecule has 0 heterocycles. The molecule has 2 aromatic rings. The second-order valence-electron chi connectivity index (χ2n) is 4.81. The zero-order valence-corrected chi connectivity index (χ0v) is 12.1. The van der Waals surface area contributed by atoms with Gasteiger partial charge in [0, 0.05) is 24.8 Å². The Hall–Kier alpha value is -2.24.